The van der Waals surface area contributed by atoms with Gasteiger partial charge in [-0.2, -0.15) is 0 Å². The number of nitrogens with one attached hydrogen (secondary N) is 2. The summed E-state index contributed by atoms with van der Waals surface area (Å²) in [6.45, 7) is 4.58. The van der Waals surface area contributed by atoms with Crippen LogP contribution in [0, 0.1) is 5.92 Å². The lowest BCUT2D eigenvalue weighted by atomic mass is 10.2. The molecule has 0 aromatic heterocycles. The molecule has 0 aliphatic rings. The lowest BCUT2D eigenvalue weighted by Gasteiger charge is -2.20. The van der Waals surface area contributed by atoms with Gasteiger partial charge < -0.3 is 0 Å². The van der Waals surface area contributed by atoms with Crippen LogP contribution in [0.25, 0.3) is 0 Å². The normalized spacial score (nSPS) is 11.7. The third-order valence-corrected chi connectivity index (χ3v) is 3.88. The van der Waals surface area contributed by atoms with Crippen LogP contribution in [0.15, 0.2) is 29.2 Å². The van der Waals surface area contributed by atoms with Crippen LogP contribution in [0.2, 0.25) is 5.02 Å². The fraction of sp³-hybridized carbons (Fsp3) is 0.417. The van der Waals surface area contributed by atoms with Crippen LogP contribution in [0.3, 0.4) is 0 Å². The van der Waals surface area contributed by atoms with Gasteiger partial charge in [0.1, 0.15) is 0 Å². The zero-order valence-corrected chi connectivity index (χ0v) is 13.1. The Bertz CT molecular complexity index is 558. The molecule has 1 aromatic rings. The van der Waals surface area contributed by atoms with Gasteiger partial charge in [0.15, 0.2) is 0 Å². The number of hydrogen-bond donors (Lipinski definition) is 2. The Morgan fingerprint density at radius 3 is 2.35 bits per heavy atom. The number of urea groups is 1. The summed E-state index contributed by atoms with van der Waals surface area (Å²) in [6.07, 6.45) is 0. The van der Waals surface area contributed by atoms with E-state index in [9.17, 15) is 13.2 Å². The van der Waals surface area contributed by atoms with Gasteiger partial charge in [-0.15, -0.1) is 0 Å². The van der Waals surface area contributed by atoms with Crippen molar-refractivity contribution in [1.29, 1.82) is 0 Å². The molecule has 0 heterocycles. The van der Waals surface area contributed by atoms with Crippen molar-refractivity contribution in [2.75, 3.05) is 13.6 Å². The summed E-state index contributed by atoms with van der Waals surface area (Å²) in [6, 6.07) is 4.74. The molecule has 0 fully saturated rings. The van der Waals surface area contributed by atoms with E-state index in [1.807, 2.05) is 18.6 Å². The number of sulfonamides is 1. The first-order chi connectivity index (χ1) is 9.20. The molecule has 2 N–H and O–H groups in total. The van der Waals surface area contributed by atoms with Crippen LogP contribution in [0.4, 0.5) is 4.79 Å². The van der Waals surface area contributed by atoms with Crippen molar-refractivity contribution in [2.24, 2.45) is 5.92 Å². The van der Waals surface area contributed by atoms with Gasteiger partial charge in [-0.05, 0) is 30.2 Å². The summed E-state index contributed by atoms with van der Waals surface area (Å²) in [4.78, 5) is 11.6. The predicted octanol–water partition coefficient (Wildman–Crippen LogP) is 1.83. The highest BCUT2D eigenvalue weighted by atomic mass is 35.5. The smallest absolute Gasteiger partial charge is 0.270 e. The Kier molecular flexibility index (Phi) is 5.79. The minimum absolute atomic E-state index is 0.0245. The van der Waals surface area contributed by atoms with Gasteiger partial charge in [-0.3, -0.25) is 5.43 Å². The minimum atomic E-state index is -3.90. The molecular formula is C12H18ClN3O3S. The molecule has 2 amide bonds. The third kappa shape index (κ3) is 5.36. The number of hydrazine groups is 1. The van der Waals surface area contributed by atoms with Gasteiger partial charge in [0.2, 0.25) is 0 Å². The second kappa shape index (κ2) is 6.92. The van der Waals surface area contributed by atoms with Crippen molar-refractivity contribution in [1.82, 2.24) is 15.2 Å². The number of benzene rings is 1. The number of nitrogens with zero attached hydrogens (tertiary/aromatic N) is 1. The lowest BCUT2D eigenvalue weighted by molar-refractivity contribution is 0.192. The molecule has 0 unspecified atom stereocenters. The third-order valence-electron chi connectivity index (χ3n) is 2.28. The van der Waals surface area contributed by atoms with E-state index in [-0.39, 0.29) is 4.90 Å². The molecule has 1 aromatic carbocycles. The molecular weight excluding hydrogens is 302 g/mol. The minimum Gasteiger partial charge on any atom is -0.270 e. The Labute approximate surface area is 124 Å². The molecule has 0 spiro atoms. The van der Waals surface area contributed by atoms with Crippen LogP contribution in [0.1, 0.15) is 13.8 Å². The quantitative estimate of drug-likeness (QED) is 0.812. The Hall–Kier alpha value is -1.31. The van der Waals surface area contributed by atoms with E-state index < -0.39 is 16.1 Å². The molecule has 112 valence electrons. The summed E-state index contributed by atoms with van der Waals surface area (Å²) in [5.74, 6) is 0.341. The fourth-order valence-electron chi connectivity index (χ4n) is 1.58. The second-order valence-electron chi connectivity index (χ2n) is 4.77. The Balaban J connectivity index is 2.67. The molecule has 0 saturated carbocycles. The molecule has 20 heavy (non-hydrogen) atoms. The SMILES string of the molecule is CC(C)CN(C)NC(=O)NS(=O)(=O)c1ccc(Cl)cc1. The van der Waals surface area contributed by atoms with Crippen molar-refractivity contribution in [2.45, 2.75) is 18.7 Å². The first-order valence-corrected chi connectivity index (χ1v) is 7.87. The second-order valence-corrected chi connectivity index (χ2v) is 6.89. The number of carbonyl (C=O) groups is 1. The van der Waals surface area contributed by atoms with E-state index >= 15 is 0 Å². The predicted molar refractivity (Wildman–Crippen MR) is 77.8 cm³/mol. The van der Waals surface area contributed by atoms with E-state index in [1.54, 1.807) is 7.05 Å². The van der Waals surface area contributed by atoms with Gasteiger partial charge >= 0.3 is 6.03 Å². The van der Waals surface area contributed by atoms with E-state index in [2.05, 4.69) is 5.43 Å². The largest absolute Gasteiger partial charge is 0.343 e. The first-order valence-electron chi connectivity index (χ1n) is 6.01. The molecule has 0 radical (unpaired) electrons. The van der Waals surface area contributed by atoms with E-state index in [4.69, 9.17) is 11.6 Å². The lowest BCUT2D eigenvalue weighted by Crippen LogP contribution is -2.48. The summed E-state index contributed by atoms with van der Waals surface area (Å²) < 4.78 is 25.8. The van der Waals surface area contributed by atoms with Gasteiger partial charge in [-0.25, -0.2) is 22.9 Å². The van der Waals surface area contributed by atoms with Crippen LogP contribution in [-0.2, 0) is 10.0 Å². The molecule has 0 saturated heterocycles. The molecule has 0 aliphatic carbocycles. The van der Waals surface area contributed by atoms with Gasteiger partial charge in [-0.1, -0.05) is 25.4 Å². The molecule has 0 atom stereocenters. The number of carbonyl (C=O) groups excluding carboxylic acids is 1. The Morgan fingerprint density at radius 1 is 1.30 bits per heavy atom. The number of halogens is 1. The summed E-state index contributed by atoms with van der Waals surface area (Å²) >= 11 is 5.68. The topological polar surface area (TPSA) is 78.5 Å². The standard InChI is InChI=1S/C12H18ClN3O3S/c1-9(2)8-16(3)14-12(17)15-20(18,19)11-6-4-10(13)5-7-11/h4-7,9H,8H2,1-3H3,(H2,14,15,17). The van der Waals surface area contributed by atoms with Crippen molar-refractivity contribution in [3.63, 3.8) is 0 Å². The molecule has 0 aliphatic heterocycles. The Morgan fingerprint density at radius 2 is 1.85 bits per heavy atom. The maximum absolute atomic E-state index is 11.9. The summed E-state index contributed by atoms with van der Waals surface area (Å²) in [5.41, 5.74) is 2.43. The number of rotatable bonds is 5. The number of hydrogen-bond acceptors (Lipinski definition) is 4. The average Bonchev–Trinajstić information content (AvgIpc) is 2.26. The van der Waals surface area contributed by atoms with Crippen molar-refractivity contribution in [3.05, 3.63) is 29.3 Å². The highest BCUT2D eigenvalue weighted by Crippen LogP contribution is 2.13. The number of amides is 2. The van der Waals surface area contributed by atoms with E-state index in [0.717, 1.165) is 0 Å². The van der Waals surface area contributed by atoms with Crippen LogP contribution < -0.4 is 10.1 Å². The van der Waals surface area contributed by atoms with E-state index in [0.29, 0.717) is 17.5 Å². The van der Waals surface area contributed by atoms with Gasteiger partial charge in [0, 0.05) is 18.6 Å². The van der Waals surface area contributed by atoms with E-state index in [1.165, 1.54) is 29.3 Å². The maximum Gasteiger partial charge on any atom is 0.343 e. The molecule has 8 heteroatoms. The highest BCUT2D eigenvalue weighted by Gasteiger charge is 2.18. The van der Waals surface area contributed by atoms with Crippen molar-refractivity contribution < 1.29 is 13.2 Å². The summed E-state index contributed by atoms with van der Waals surface area (Å²) in [7, 11) is -2.24. The van der Waals surface area contributed by atoms with Gasteiger partial charge in [0.05, 0.1) is 4.90 Å². The monoisotopic (exact) mass is 319 g/mol. The van der Waals surface area contributed by atoms with Gasteiger partial charge in [0.25, 0.3) is 10.0 Å². The van der Waals surface area contributed by atoms with Crippen LogP contribution in [-0.4, -0.2) is 33.1 Å². The summed E-state index contributed by atoms with van der Waals surface area (Å²) in [5, 5.41) is 1.95. The molecule has 0 bridgehead atoms. The fourth-order valence-corrected chi connectivity index (χ4v) is 2.61. The maximum atomic E-state index is 11.9. The highest BCUT2D eigenvalue weighted by molar-refractivity contribution is 7.90. The zero-order chi connectivity index (χ0) is 15.3. The average molecular weight is 320 g/mol. The van der Waals surface area contributed by atoms with Crippen LogP contribution in [0.5, 0.6) is 0 Å². The van der Waals surface area contributed by atoms with Crippen molar-refractivity contribution >= 4 is 27.7 Å². The zero-order valence-electron chi connectivity index (χ0n) is 11.6. The van der Waals surface area contributed by atoms with Crippen LogP contribution >= 0.6 is 11.6 Å². The van der Waals surface area contributed by atoms with Crippen molar-refractivity contribution in [3.8, 4) is 0 Å². The molecule has 1 rings (SSSR count). The molecule has 6 nitrogen and oxygen atoms in total. The first kappa shape index (κ1) is 16.7.